The molecule has 0 N–H and O–H groups in total. The minimum atomic E-state index is -7.22. The molecule has 0 aliphatic carbocycles. The Morgan fingerprint density at radius 3 is 0.741 bits per heavy atom. The molecule has 0 bridgehead atoms. The Hall–Kier alpha value is -8.52. The maximum absolute atomic E-state index is 15.4. The molecule has 81 heavy (non-hydrogen) atoms. The number of rotatable bonds is 10. The Kier molecular flexibility index (Phi) is 15.4. The van der Waals surface area contributed by atoms with Crippen molar-refractivity contribution in [2.45, 2.75) is 0 Å². The van der Waals surface area contributed by atoms with E-state index in [0.29, 0.717) is 6.16 Å². The van der Waals surface area contributed by atoms with Crippen molar-refractivity contribution in [2.75, 3.05) is 6.16 Å². The van der Waals surface area contributed by atoms with E-state index in [0.717, 1.165) is 27.1 Å². The molecule has 1 nitrogen and oxygen atoms in total. The zero-order chi connectivity index (χ0) is 58.7. The predicted molar refractivity (Wildman–Crippen MR) is 265 cm³/mol. The predicted octanol–water partition coefficient (Wildman–Crippen LogP) is 13.0. The van der Waals surface area contributed by atoms with E-state index in [9.17, 15) is 57.5 Å². The first-order chi connectivity index (χ1) is 38.5. The van der Waals surface area contributed by atoms with Gasteiger partial charge in [-0.15, -0.1) is 21.9 Å². The van der Waals surface area contributed by atoms with Gasteiger partial charge in [0.05, 0.1) is 0 Å². The second kappa shape index (κ2) is 21.9. The fourth-order valence-electron chi connectivity index (χ4n) is 10.3. The molecule has 0 radical (unpaired) electrons. The molecule has 10 aromatic rings. The van der Waals surface area contributed by atoms with Crippen LogP contribution in [-0.4, -0.2) is 18.1 Å². The summed E-state index contributed by atoms with van der Waals surface area (Å²) in [7, 11) is -2.28. The highest BCUT2D eigenvalue weighted by Crippen LogP contribution is 2.56. The smallest absolute Gasteiger partial charge is 0.202 e. The number of Topliss-reactive ketones (excluding diaryl/α,β-unsaturated/α-hetero) is 1. The average molecular weight is 1160 g/mol. The number of benzene rings is 10. The molecule has 0 amide bonds. The van der Waals surface area contributed by atoms with Crippen molar-refractivity contribution in [3.05, 3.63) is 268 Å². The van der Waals surface area contributed by atoms with Crippen molar-refractivity contribution in [3.63, 3.8) is 0 Å². The fourth-order valence-corrected chi connectivity index (χ4v) is 14.3. The molecule has 0 aliphatic heterocycles. The van der Waals surface area contributed by atoms with Gasteiger partial charge in [0.25, 0.3) is 0 Å². The van der Waals surface area contributed by atoms with Crippen molar-refractivity contribution < 1.29 is 92.6 Å². The van der Waals surface area contributed by atoms with Crippen LogP contribution in [0, 0.1) is 116 Å². The first kappa shape index (κ1) is 57.2. The highest BCUT2D eigenvalue weighted by atomic mass is 31.2. The second-order valence-electron chi connectivity index (χ2n) is 17.9. The lowest BCUT2D eigenvalue weighted by Crippen LogP contribution is -2.81. The molecule has 0 saturated carbocycles. The van der Waals surface area contributed by atoms with Crippen molar-refractivity contribution in [1.82, 2.24) is 0 Å². The molecular weight excluding hydrogens is 1130 g/mol. The zero-order valence-corrected chi connectivity index (χ0v) is 41.0. The van der Waals surface area contributed by atoms with Gasteiger partial charge >= 0.3 is 0 Å². The van der Waals surface area contributed by atoms with Gasteiger partial charge < -0.3 is 0 Å². The van der Waals surface area contributed by atoms with E-state index in [1.165, 1.54) is 15.9 Å². The summed E-state index contributed by atoms with van der Waals surface area (Å²) in [6.07, 6.45) is -6.78. The van der Waals surface area contributed by atoms with Crippen molar-refractivity contribution in [2.24, 2.45) is 0 Å². The van der Waals surface area contributed by atoms with E-state index in [-0.39, 0.29) is 5.78 Å². The number of carbonyl (C=O) groups excluding carboxylic acids is 1. The molecule has 0 aliphatic rings. The molecule has 0 saturated heterocycles. The summed E-state index contributed by atoms with van der Waals surface area (Å²) in [6, 6.07) is 50.6. The number of hydrogen-bond donors (Lipinski definition) is 0. The van der Waals surface area contributed by atoms with Gasteiger partial charge in [0.15, 0.2) is 69.8 Å². The van der Waals surface area contributed by atoms with Gasteiger partial charge in [0.1, 0.15) is 82.0 Å². The van der Waals surface area contributed by atoms with Crippen LogP contribution in [0.25, 0.3) is 21.5 Å². The normalized spacial score (nSPS) is 11.8. The number of halogens is 20. The van der Waals surface area contributed by atoms with Crippen molar-refractivity contribution >= 4 is 78.5 Å². The first-order valence-electron chi connectivity index (χ1n) is 23.2. The van der Waals surface area contributed by atoms with Gasteiger partial charge in [-0.3, -0.25) is 4.79 Å². The molecular formula is C58H26BF20OP. The summed E-state index contributed by atoms with van der Waals surface area (Å²) >= 11 is 0. The third-order valence-corrected chi connectivity index (χ3v) is 18.0. The zero-order valence-electron chi connectivity index (χ0n) is 40.1. The van der Waals surface area contributed by atoms with Crippen LogP contribution in [0.2, 0.25) is 0 Å². The topological polar surface area (TPSA) is 17.1 Å². The largest absolute Gasteiger partial charge is 0.290 e. The molecule has 0 heterocycles. The Morgan fingerprint density at radius 2 is 0.494 bits per heavy atom. The molecule has 10 rings (SSSR count). The van der Waals surface area contributed by atoms with Crippen LogP contribution in [-0.2, 0) is 0 Å². The lowest BCUT2D eigenvalue weighted by molar-refractivity contribution is 0.102. The highest BCUT2D eigenvalue weighted by molar-refractivity contribution is 7.96. The van der Waals surface area contributed by atoms with E-state index in [4.69, 9.17) is 0 Å². The molecule has 10 aromatic carbocycles. The Balaban J connectivity index is 0.000000200. The minimum Gasteiger partial charge on any atom is -0.290 e. The standard InChI is InChI=1S/C34H26OP.C24BF20/c35-33(34-31-22-12-10-14-26(31)24-27-15-11-13-23-32(27)34)25-36(28-16-4-1-5-17-28,29-18-6-2-7-19-29)30-20-8-3-9-21-30;26-5-1(6(27)14(35)21(42)13(5)34)25(2-7(28)15(36)22(43)16(37)8(2)29,3-9(30)17(38)23(44)18(39)10(3)31)4-11(32)19(40)24(45)20(41)12(4)33/h1-24H,25H2;/q+1;-1. The summed E-state index contributed by atoms with van der Waals surface area (Å²) in [6.45, 7) is 0. The third kappa shape index (κ3) is 8.94. The molecule has 23 heteroatoms. The molecule has 0 fully saturated rings. The SMILES string of the molecule is Fc1c(F)c(F)c([B-](c2c(F)c(F)c(F)c(F)c2F)(c2c(F)c(F)c(F)c(F)c2F)c2c(F)c(F)c(F)c(F)c2F)c(F)c1F.O=C(C[P+](c1ccccc1)(c1ccccc1)c1ccccc1)c1c2ccccc2cc2ccccc12. The Bertz CT molecular complexity index is 3640. The van der Waals surface area contributed by atoms with Crippen LogP contribution in [0.4, 0.5) is 87.8 Å². The van der Waals surface area contributed by atoms with Crippen LogP contribution in [0.1, 0.15) is 10.4 Å². The van der Waals surface area contributed by atoms with Crippen LogP contribution >= 0.6 is 7.26 Å². The number of carbonyl (C=O) groups is 1. The van der Waals surface area contributed by atoms with Gasteiger partial charge in [0, 0.05) is 5.56 Å². The molecule has 412 valence electrons. The monoisotopic (exact) mass is 1160 g/mol. The summed E-state index contributed by atoms with van der Waals surface area (Å²) in [5.74, 6) is -71.2. The minimum absolute atomic E-state index is 0.188. The van der Waals surface area contributed by atoms with Crippen molar-refractivity contribution in [3.8, 4) is 0 Å². The van der Waals surface area contributed by atoms with Crippen LogP contribution < -0.4 is 37.8 Å². The van der Waals surface area contributed by atoms with Crippen LogP contribution in [0.15, 0.2) is 146 Å². The van der Waals surface area contributed by atoms with E-state index < -0.39 is 152 Å². The van der Waals surface area contributed by atoms with Gasteiger partial charge in [-0.25, -0.2) is 87.8 Å². The summed E-state index contributed by atoms with van der Waals surface area (Å²) < 4.78 is 294. The summed E-state index contributed by atoms with van der Waals surface area (Å²) in [5, 5.41) is 7.91. The first-order valence-corrected chi connectivity index (χ1v) is 25.2. The lowest BCUT2D eigenvalue weighted by atomic mass is 9.12. The Morgan fingerprint density at radius 1 is 0.284 bits per heavy atom. The second-order valence-corrected chi connectivity index (χ2v) is 21.4. The van der Waals surface area contributed by atoms with E-state index in [1.54, 1.807) is 0 Å². The molecule has 0 unspecified atom stereocenters. The van der Waals surface area contributed by atoms with Gasteiger partial charge in [-0.05, 0) is 64.0 Å². The summed E-state index contributed by atoms with van der Waals surface area (Å²) in [4.78, 5) is 14.6. The maximum atomic E-state index is 15.4. The molecule has 0 atom stereocenters. The van der Waals surface area contributed by atoms with Gasteiger partial charge in [-0.1, -0.05) is 103 Å². The maximum Gasteiger partial charge on any atom is 0.202 e. The summed E-state index contributed by atoms with van der Waals surface area (Å²) in [5.41, 5.74) is -13.5. The lowest BCUT2D eigenvalue weighted by Gasteiger charge is -2.44. The third-order valence-electron chi connectivity index (χ3n) is 13.7. The van der Waals surface area contributed by atoms with E-state index >= 15 is 35.1 Å². The van der Waals surface area contributed by atoms with Crippen LogP contribution in [0.5, 0.6) is 0 Å². The quantitative estimate of drug-likeness (QED) is 0.0254. The number of hydrogen-bond acceptors (Lipinski definition) is 1. The average Bonchev–Trinajstić information content (AvgIpc) is 3.63. The van der Waals surface area contributed by atoms with E-state index in [1.807, 2.05) is 42.5 Å². The highest BCUT2D eigenvalue weighted by Gasteiger charge is 2.53. The fraction of sp³-hybridized carbons (Fsp3) is 0.0172. The Labute approximate surface area is 443 Å². The number of fused-ring (bicyclic) bond motifs is 2. The van der Waals surface area contributed by atoms with Crippen molar-refractivity contribution in [1.29, 1.82) is 0 Å². The molecule has 0 aromatic heterocycles. The van der Waals surface area contributed by atoms with Gasteiger partial charge in [-0.2, -0.15) is 0 Å². The van der Waals surface area contributed by atoms with Crippen LogP contribution in [0.3, 0.4) is 0 Å². The molecule has 0 spiro atoms. The number of ketones is 1. The van der Waals surface area contributed by atoms with E-state index in [2.05, 4.69) is 103 Å². The van der Waals surface area contributed by atoms with Gasteiger partial charge in [0.2, 0.25) is 5.78 Å².